The molecule has 5 nitrogen and oxygen atoms in total. The van der Waals surface area contributed by atoms with Gasteiger partial charge in [-0.2, -0.15) is 13.2 Å². The third-order valence-corrected chi connectivity index (χ3v) is 4.14. The summed E-state index contributed by atoms with van der Waals surface area (Å²) in [5.74, 6) is -2.27. The summed E-state index contributed by atoms with van der Waals surface area (Å²) < 4.78 is 37.6. The highest BCUT2D eigenvalue weighted by Gasteiger charge is 2.47. The standard InChI is InChI=1S/C13H11F3N2O3/c14-13(15,16)12(19)17-5-7-3-8(6-17)11-4-9(18(20)21)1-2-10(7)11/h1-2,4,7-8H,3,5-6H2/t7-,8+/m1/s1. The minimum Gasteiger partial charge on any atom is -0.334 e. The van der Waals surface area contributed by atoms with Crippen molar-refractivity contribution < 1.29 is 22.9 Å². The van der Waals surface area contributed by atoms with Crippen molar-refractivity contribution in [3.8, 4) is 0 Å². The Morgan fingerprint density at radius 3 is 2.43 bits per heavy atom. The summed E-state index contributed by atoms with van der Waals surface area (Å²) in [7, 11) is 0. The number of hydrogen-bond acceptors (Lipinski definition) is 3. The van der Waals surface area contributed by atoms with Crippen LogP contribution in [0.3, 0.4) is 0 Å². The van der Waals surface area contributed by atoms with Gasteiger partial charge in [0.25, 0.3) is 5.69 Å². The second-order valence-corrected chi connectivity index (χ2v) is 5.41. The van der Waals surface area contributed by atoms with Gasteiger partial charge >= 0.3 is 12.1 Å². The van der Waals surface area contributed by atoms with E-state index in [4.69, 9.17) is 0 Å². The molecule has 3 rings (SSSR count). The Hall–Kier alpha value is -2.12. The number of benzene rings is 1. The van der Waals surface area contributed by atoms with Crippen molar-refractivity contribution in [2.75, 3.05) is 13.1 Å². The maximum atomic E-state index is 12.5. The van der Waals surface area contributed by atoms with Gasteiger partial charge in [0.15, 0.2) is 0 Å². The molecule has 112 valence electrons. The average Bonchev–Trinajstić information content (AvgIpc) is 2.68. The SMILES string of the molecule is O=C(N1C[C@H]2C[C@@H](C1)c1cc([N+](=O)[O-])ccc12)C(F)(F)F. The molecule has 0 unspecified atom stereocenters. The van der Waals surface area contributed by atoms with Crippen molar-refractivity contribution in [3.63, 3.8) is 0 Å². The molecule has 1 aliphatic heterocycles. The number of non-ortho nitro benzene ring substituents is 1. The molecular formula is C13H11F3N2O3. The van der Waals surface area contributed by atoms with Gasteiger partial charge in [0, 0.05) is 37.1 Å². The molecule has 1 aromatic carbocycles. The zero-order valence-electron chi connectivity index (χ0n) is 10.8. The van der Waals surface area contributed by atoms with Crippen LogP contribution in [0.5, 0.6) is 0 Å². The molecule has 1 aliphatic carbocycles. The molecule has 1 heterocycles. The second-order valence-electron chi connectivity index (χ2n) is 5.41. The van der Waals surface area contributed by atoms with Crippen molar-refractivity contribution >= 4 is 11.6 Å². The zero-order valence-corrected chi connectivity index (χ0v) is 10.8. The molecule has 21 heavy (non-hydrogen) atoms. The van der Waals surface area contributed by atoms with Crippen LogP contribution in [0.2, 0.25) is 0 Å². The van der Waals surface area contributed by atoms with Crippen LogP contribution in [0.1, 0.15) is 29.4 Å². The van der Waals surface area contributed by atoms with Gasteiger partial charge in [-0.15, -0.1) is 0 Å². The molecular weight excluding hydrogens is 289 g/mol. The van der Waals surface area contributed by atoms with Crippen molar-refractivity contribution in [1.82, 2.24) is 4.90 Å². The quantitative estimate of drug-likeness (QED) is 0.591. The maximum Gasteiger partial charge on any atom is 0.471 e. The first-order valence-corrected chi connectivity index (χ1v) is 6.41. The number of fused-ring (bicyclic) bond motifs is 5. The minimum absolute atomic E-state index is 0.0135. The van der Waals surface area contributed by atoms with E-state index in [1.165, 1.54) is 12.1 Å². The Labute approximate surface area is 117 Å². The Morgan fingerprint density at radius 1 is 1.24 bits per heavy atom. The van der Waals surface area contributed by atoms with Crippen LogP contribution in [-0.4, -0.2) is 35.0 Å². The zero-order chi connectivity index (χ0) is 15.4. The van der Waals surface area contributed by atoms with E-state index in [0.29, 0.717) is 12.0 Å². The summed E-state index contributed by atoms with van der Waals surface area (Å²) in [6.07, 6.45) is -4.24. The number of nitro groups is 1. The van der Waals surface area contributed by atoms with Crippen molar-refractivity contribution in [2.24, 2.45) is 0 Å². The van der Waals surface area contributed by atoms with Crippen LogP contribution in [0.4, 0.5) is 18.9 Å². The Balaban J connectivity index is 1.90. The number of nitrogens with zero attached hydrogens (tertiary/aromatic N) is 2. The van der Waals surface area contributed by atoms with E-state index in [1.807, 2.05) is 0 Å². The summed E-state index contributed by atoms with van der Waals surface area (Å²) in [5, 5.41) is 10.8. The number of amides is 1. The second kappa shape index (κ2) is 4.44. The predicted molar refractivity (Wildman–Crippen MR) is 65.8 cm³/mol. The molecule has 0 radical (unpaired) electrons. The summed E-state index contributed by atoms with van der Waals surface area (Å²) in [4.78, 5) is 22.4. The number of rotatable bonds is 1. The molecule has 0 spiro atoms. The van der Waals surface area contributed by atoms with Crippen molar-refractivity contribution in [1.29, 1.82) is 0 Å². The Bertz CT molecular complexity index is 630. The van der Waals surface area contributed by atoms with E-state index in [-0.39, 0.29) is 30.6 Å². The lowest BCUT2D eigenvalue weighted by Crippen LogP contribution is -2.46. The highest BCUT2D eigenvalue weighted by Crippen LogP contribution is 2.47. The number of carbonyl (C=O) groups is 1. The van der Waals surface area contributed by atoms with Crippen molar-refractivity contribution in [3.05, 3.63) is 39.4 Å². The lowest BCUT2D eigenvalue weighted by atomic mass is 9.95. The van der Waals surface area contributed by atoms with E-state index in [1.54, 1.807) is 6.07 Å². The third-order valence-electron chi connectivity index (χ3n) is 4.14. The third kappa shape index (κ3) is 2.24. The minimum atomic E-state index is -4.88. The Kier molecular flexibility index (Phi) is 2.93. The fourth-order valence-electron chi connectivity index (χ4n) is 3.30. The molecule has 2 atom stereocenters. The van der Waals surface area contributed by atoms with Gasteiger partial charge < -0.3 is 4.90 Å². The highest BCUT2D eigenvalue weighted by atomic mass is 19.4. The van der Waals surface area contributed by atoms with Gasteiger partial charge in [0.05, 0.1) is 4.92 Å². The smallest absolute Gasteiger partial charge is 0.334 e. The van der Waals surface area contributed by atoms with Gasteiger partial charge in [-0.3, -0.25) is 14.9 Å². The van der Waals surface area contributed by atoms with Gasteiger partial charge in [-0.05, 0) is 17.5 Å². The number of likely N-dealkylation sites (tertiary alicyclic amines) is 1. The van der Waals surface area contributed by atoms with Crippen LogP contribution in [0, 0.1) is 10.1 Å². The molecule has 8 heteroatoms. The van der Waals surface area contributed by atoms with E-state index in [0.717, 1.165) is 10.5 Å². The van der Waals surface area contributed by atoms with E-state index in [9.17, 15) is 28.1 Å². The lowest BCUT2D eigenvalue weighted by Gasteiger charge is -2.32. The molecule has 1 saturated heterocycles. The highest BCUT2D eigenvalue weighted by molar-refractivity contribution is 5.82. The number of alkyl halides is 3. The molecule has 1 aromatic rings. The molecule has 2 bridgehead atoms. The van der Waals surface area contributed by atoms with Gasteiger partial charge in [-0.25, -0.2) is 0 Å². The first-order chi connectivity index (χ1) is 9.77. The lowest BCUT2D eigenvalue weighted by molar-refractivity contribution is -0.384. The fourth-order valence-corrected chi connectivity index (χ4v) is 3.30. The van der Waals surface area contributed by atoms with Crippen LogP contribution < -0.4 is 0 Å². The summed E-state index contributed by atoms with van der Waals surface area (Å²) >= 11 is 0. The molecule has 0 aromatic heterocycles. The average molecular weight is 300 g/mol. The molecule has 1 amide bonds. The van der Waals surface area contributed by atoms with E-state index in [2.05, 4.69) is 0 Å². The van der Waals surface area contributed by atoms with Gasteiger partial charge in [0.1, 0.15) is 0 Å². The maximum absolute atomic E-state index is 12.5. The molecule has 1 fully saturated rings. The van der Waals surface area contributed by atoms with Crippen LogP contribution in [0.25, 0.3) is 0 Å². The van der Waals surface area contributed by atoms with Crippen LogP contribution in [0.15, 0.2) is 18.2 Å². The Morgan fingerprint density at radius 2 is 1.86 bits per heavy atom. The number of hydrogen-bond donors (Lipinski definition) is 0. The number of halogens is 3. The molecule has 0 N–H and O–H groups in total. The first kappa shape index (κ1) is 13.8. The predicted octanol–water partition coefficient (Wildman–Crippen LogP) is 2.57. The van der Waals surface area contributed by atoms with Crippen LogP contribution >= 0.6 is 0 Å². The number of carbonyl (C=O) groups excluding carboxylic acids is 1. The largest absolute Gasteiger partial charge is 0.471 e. The summed E-state index contributed by atoms with van der Waals surface area (Å²) in [5.41, 5.74) is 1.45. The van der Waals surface area contributed by atoms with Gasteiger partial charge in [-0.1, -0.05) is 6.07 Å². The van der Waals surface area contributed by atoms with Gasteiger partial charge in [0.2, 0.25) is 0 Å². The number of nitro benzene ring substituents is 1. The van der Waals surface area contributed by atoms with E-state index < -0.39 is 17.0 Å². The summed E-state index contributed by atoms with van der Waals surface area (Å²) in [6, 6.07) is 4.37. The fraction of sp³-hybridized carbons (Fsp3) is 0.462. The first-order valence-electron chi connectivity index (χ1n) is 6.41. The normalized spacial score (nSPS) is 23.9. The van der Waals surface area contributed by atoms with E-state index >= 15 is 0 Å². The molecule has 0 saturated carbocycles. The monoisotopic (exact) mass is 300 g/mol. The topological polar surface area (TPSA) is 63.5 Å². The van der Waals surface area contributed by atoms with Crippen LogP contribution in [-0.2, 0) is 4.79 Å². The molecule has 2 aliphatic rings. The summed E-state index contributed by atoms with van der Waals surface area (Å²) in [6.45, 7) is -0.0251. The van der Waals surface area contributed by atoms with Crippen molar-refractivity contribution in [2.45, 2.75) is 24.4 Å². The number of piperidine rings is 1.